The average molecular weight is 399 g/mol. The number of carbonyl (C=O) groups excluding carboxylic acids is 1. The maximum Gasteiger partial charge on any atom is 0.418 e. The lowest BCUT2D eigenvalue weighted by Crippen LogP contribution is -2.36. The summed E-state index contributed by atoms with van der Waals surface area (Å²) >= 11 is 5.69. The lowest BCUT2D eigenvalue weighted by atomic mass is 10.1. The van der Waals surface area contributed by atoms with Gasteiger partial charge in [-0.3, -0.25) is 4.79 Å². The van der Waals surface area contributed by atoms with Gasteiger partial charge in [-0.25, -0.2) is 9.97 Å². The van der Waals surface area contributed by atoms with E-state index in [2.05, 4.69) is 15.3 Å². The number of aryl methyl sites for hydroxylation is 1. The number of alkyl halides is 3. The molecule has 1 N–H and O–H groups in total. The van der Waals surface area contributed by atoms with E-state index < -0.39 is 11.7 Å². The van der Waals surface area contributed by atoms with Gasteiger partial charge in [0.2, 0.25) is 5.95 Å². The Labute approximate surface area is 159 Å². The molecule has 0 aliphatic carbocycles. The molecule has 5 nitrogen and oxygen atoms in total. The smallest absolute Gasteiger partial charge is 0.337 e. The van der Waals surface area contributed by atoms with E-state index in [9.17, 15) is 18.0 Å². The summed E-state index contributed by atoms with van der Waals surface area (Å²) in [6.45, 7) is 2.96. The first-order valence-corrected chi connectivity index (χ1v) is 8.90. The summed E-state index contributed by atoms with van der Waals surface area (Å²) < 4.78 is 39.8. The summed E-state index contributed by atoms with van der Waals surface area (Å²) in [5.41, 5.74) is -0.511. The van der Waals surface area contributed by atoms with Crippen molar-refractivity contribution in [1.82, 2.24) is 14.9 Å². The number of rotatable bonds is 3. The highest BCUT2D eigenvalue weighted by atomic mass is 35.5. The van der Waals surface area contributed by atoms with Gasteiger partial charge in [-0.2, -0.15) is 13.2 Å². The van der Waals surface area contributed by atoms with E-state index in [1.807, 2.05) is 0 Å². The molecule has 144 valence electrons. The topological polar surface area (TPSA) is 58.1 Å². The second-order valence-corrected chi connectivity index (χ2v) is 6.82. The molecule has 0 unspecified atom stereocenters. The normalized spacial score (nSPS) is 14.9. The third kappa shape index (κ3) is 4.68. The van der Waals surface area contributed by atoms with Gasteiger partial charge in [-0.1, -0.05) is 11.6 Å². The average Bonchev–Trinajstić information content (AvgIpc) is 2.62. The lowest BCUT2D eigenvalue weighted by molar-refractivity contribution is -0.136. The van der Waals surface area contributed by atoms with E-state index in [0.29, 0.717) is 18.8 Å². The molecule has 27 heavy (non-hydrogen) atoms. The molecule has 0 atom stereocenters. The SMILES string of the molecule is Cc1cc(C(=O)N2CCCCC2)nc(Nc2ccc(Cl)cc2C(F)(F)F)n1. The molecular formula is C18H18ClF3N4O. The van der Waals surface area contributed by atoms with Crippen molar-refractivity contribution >= 4 is 29.1 Å². The van der Waals surface area contributed by atoms with Crippen molar-refractivity contribution in [3.63, 3.8) is 0 Å². The fraction of sp³-hybridized carbons (Fsp3) is 0.389. The van der Waals surface area contributed by atoms with E-state index >= 15 is 0 Å². The summed E-state index contributed by atoms with van der Waals surface area (Å²) in [6, 6.07) is 4.92. The largest absolute Gasteiger partial charge is 0.418 e. The first-order chi connectivity index (χ1) is 12.7. The van der Waals surface area contributed by atoms with Crippen molar-refractivity contribution in [2.75, 3.05) is 18.4 Å². The summed E-state index contributed by atoms with van der Waals surface area (Å²) in [5.74, 6) is -0.307. The van der Waals surface area contributed by atoms with E-state index in [4.69, 9.17) is 11.6 Å². The van der Waals surface area contributed by atoms with Crippen molar-refractivity contribution < 1.29 is 18.0 Å². The minimum absolute atomic E-state index is 0.0287. The van der Waals surface area contributed by atoms with Crippen LogP contribution in [-0.2, 0) is 6.18 Å². The number of amides is 1. The third-order valence-electron chi connectivity index (χ3n) is 4.25. The molecule has 2 aromatic rings. The number of nitrogens with zero attached hydrogens (tertiary/aromatic N) is 3. The molecule has 1 aliphatic rings. The van der Waals surface area contributed by atoms with Crippen LogP contribution in [0.5, 0.6) is 0 Å². The second-order valence-electron chi connectivity index (χ2n) is 6.38. The van der Waals surface area contributed by atoms with Gasteiger partial charge in [0.1, 0.15) is 5.69 Å². The van der Waals surface area contributed by atoms with Gasteiger partial charge in [0.05, 0.1) is 11.3 Å². The van der Waals surface area contributed by atoms with Gasteiger partial charge < -0.3 is 10.2 Å². The van der Waals surface area contributed by atoms with E-state index in [0.717, 1.165) is 25.3 Å². The van der Waals surface area contributed by atoms with Crippen LogP contribution < -0.4 is 5.32 Å². The van der Waals surface area contributed by atoms with Gasteiger partial charge in [0, 0.05) is 23.8 Å². The molecule has 3 rings (SSSR count). The van der Waals surface area contributed by atoms with Crippen LogP contribution in [0.1, 0.15) is 41.0 Å². The predicted molar refractivity (Wildman–Crippen MR) is 96.3 cm³/mol. The molecule has 1 saturated heterocycles. The van der Waals surface area contributed by atoms with Crippen LogP contribution in [0.15, 0.2) is 24.3 Å². The third-order valence-corrected chi connectivity index (χ3v) is 4.49. The maximum atomic E-state index is 13.3. The van der Waals surface area contributed by atoms with Crippen LogP contribution in [0.2, 0.25) is 5.02 Å². The van der Waals surface area contributed by atoms with Crippen molar-refractivity contribution in [2.45, 2.75) is 32.4 Å². The van der Waals surface area contributed by atoms with Gasteiger partial charge >= 0.3 is 6.18 Å². The van der Waals surface area contributed by atoms with Crippen LogP contribution in [0.4, 0.5) is 24.8 Å². The Morgan fingerprint density at radius 3 is 2.52 bits per heavy atom. The number of halogens is 4. The first kappa shape index (κ1) is 19.4. The van der Waals surface area contributed by atoms with Crippen molar-refractivity contribution in [2.24, 2.45) is 0 Å². The van der Waals surface area contributed by atoms with Gasteiger partial charge in [-0.05, 0) is 50.5 Å². The Hall–Kier alpha value is -2.35. The Morgan fingerprint density at radius 2 is 1.85 bits per heavy atom. The monoisotopic (exact) mass is 398 g/mol. The summed E-state index contributed by atoms with van der Waals surface area (Å²) in [4.78, 5) is 22.6. The minimum Gasteiger partial charge on any atom is -0.337 e. The molecule has 1 aromatic carbocycles. The molecule has 0 spiro atoms. The predicted octanol–water partition coefficient (Wildman–Crippen LogP) is 4.83. The lowest BCUT2D eigenvalue weighted by Gasteiger charge is -2.26. The Kier molecular flexibility index (Phi) is 5.55. The molecule has 0 saturated carbocycles. The van der Waals surface area contributed by atoms with Crippen LogP contribution in [0.3, 0.4) is 0 Å². The summed E-state index contributed by atoms with van der Waals surface area (Å²) in [6.07, 6.45) is -1.65. The Bertz CT molecular complexity index is 851. The Morgan fingerprint density at radius 1 is 1.15 bits per heavy atom. The number of anilines is 2. The highest BCUT2D eigenvalue weighted by molar-refractivity contribution is 6.30. The van der Waals surface area contributed by atoms with Gasteiger partial charge in [0.25, 0.3) is 5.91 Å². The number of hydrogen-bond donors (Lipinski definition) is 1. The quantitative estimate of drug-likeness (QED) is 0.804. The van der Waals surface area contributed by atoms with Crippen molar-refractivity contribution in [1.29, 1.82) is 0 Å². The fourth-order valence-electron chi connectivity index (χ4n) is 2.97. The second kappa shape index (κ2) is 7.72. The zero-order chi connectivity index (χ0) is 19.6. The number of nitrogens with one attached hydrogen (secondary N) is 1. The highest BCUT2D eigenvalue weighted by Crippen LogP contribution is 2.37. The summed E-state index contributed by atoms with van der Waals surface area (Å²) in [7, 11) is 0. The van der Waals surface area contributed by atoms with Crippen molar-refractivity contribution in [3.05, 3.63) is 46.2 Å². The number of carbonyl (C=O) groups is 1. The number of hydrogen-bond acceptors (Lipinski definition) is 4. The number of likely N-dealkylation sites (tertiary alicyclic amines) is 1. The molecule has 1 fully saturated rings. The van der Waals surface area contributed by atoms with E-state index in [1.165, 1.54) is 18.2 Å². The molecule has 1 aliphatic heterocycles. The van der Waals surface area contributed by atoms with Crippen molar-refractivity contribution in [3.8, 4) is 0 Å². The molecule has 2 heterocycles. The summed E-state index contributed by atoms with van der Waals surface area (Å²) in [5, 5.41) is 2.55. The minimum atomic E-state index is -4.59. The zero-order valence-electron chi connectivity index (χ0n) is 14.6. The maximum absolute atomic E-state index is 13.3. The molecule has 0 bridgehead atoms. The van der Waals surface area contributed by atoms with Gasteiger partial charge in [0.15, 0.2) is 0 Å². The van der Waals surface area contributed by atoms with Crippen LogP contribution >= 0.6 is 11.6 Å². The van der Waals surface area contributed by atoms with E-state index in [-0.39, 0.29) is 28.3 Å². The van der Waals surface area contributed by atoms with E-state index in [1.54, 1.807) is 11.8 Å². The number of piperidine rings is 1. The molecule has 0 radical (unpaired) electrons. The Balaban J connectivity index is 1.90. The molecule has 9 heteroatoms. The number of benzene rings is 1. The fourth-order valence-corrected chi connectivity index (χ4v) is 3.15. The molecular weight excluding hydrogens is 381 g/mol. The molecule has 1 amide bonds. The van der Waals surface area contributed by atoms with Gasteiger partial charge in [-0.15, -0.1) is 0 Å². The number of aromatic nitrogens is 2. The molecule has 1 aromatic heterocycles. The first-order valence-electron chi connectivity index (χ1n) is 8.53. The van der Waals surface area contributed by atoms with Crippen LogP contribution in [0.25, 0.3) is 0 Å². The highest BCUT2D eigenvalue weighted by Gasteiger charge is 2.34. The van der Waals surface area contributed by atoms with Crippen LogP contribution in [0, 0.1) is 6.92 Å². The zero-order valence-corrected chi connectivity index (χ0v) is 15.4. The van der Waals surface area contributed by atoms with Crippen LogP contribution in [-0.4, -0.2) is 33.9 Å². The standard InChI is InChI=1S/C18H18ClF3N4O/c1-11-9-15(16(27)26-7-3-2-4-8-26)25-17(23-11)24-14-6-5-12(19)10-13(14)18(20,21)22/h5-6,9-10H,2-4,7-8H2,1H3,(H,23,24,25).